The number of aromatic nitrogens is 2. The molecule has 2 unspecified atom stereocenters. The lowest BCUT2D eigenvalue weighted by Crippen LogP contribution is -2.49. The van der Waals surface area contributed by atoms with Gasteiger partial charge in [0.2, 0.25) is 0 Å². The fourth-order valence-corrected chi connectivity index (χ4v) is 3.04. The number of alkyl carbamates (subject to hydrolysis) is 1. The molecule has 0 spiro atoms. The number of carboxylic acids is 1. The van der Waals surface area contributed by atoms with Gasteiger partial charge in [-0.2, -0.15) is 0 Å². The molecule has 2 rings (SSSR count). The summed E-state index contributed by atoms with van der Waals surface area (Å²) < 4.78 is 11.4. The predicted octanol–water partition coefficient (Wildman–Crippen LogP) is 1.06. The van der Waals surface area contributed by atoms with Gasteiger partial charge in [0.25, 0.3) is 0 Å². The highest BCUT2D eigenvalue weighted by Gasteiger charge is 2.25. The summed E-state index contributed by atoms with van der Waals surface area (Å²) in [5.74, 6) is -0.940. The molecule has 10 heteroatoms. The average Bonchev–Trinajstić information content (AvgIpc) is 2.79. The van der Waals surface area contributed by atoms with Gasteiger partial charge in [-0.05, 0) is 46.6 Å². The minimum atomic E-state index is -1.15. The Morgan fingerprint density at radius 1 is 1.41 bits per heavy atom. The molecule has 3 N–H and O–H groups in total. The summed E-state index contributed by atoms with van der Waals surface area (Å²) in [5.41, 5.74) is -0.705. The van der Waals surface area contributed by atoms with E-state index in [9.17, 15) is 19.5 Å². The van der Waals surface area contributed by atoms with Crippen molar-refractivity contribution in [1.29, 1.82) is 0 Å². The molecule has 0 saturated heterocycles. The number of carbonyl (C=O) groups is 2. The maximum atomic E-state index is 11.9. The summed E-state index contributed by atoms with van der Waals surface area (Å²) in [6, 6.07) is -1.14. The molecule has 0 bridgehead atoms. The van der Waals surface area contributed by atoms with E-state index in [1.165, 1.54) is 0 Å². The zero-order valence-corrected chi connectivity index (χ0v) is 16.0. The van der Waals surface area contributed by atoms with Gasteiger partial charge in [0.05, 0.1) is 0 Å². The Kier molecular flexibility index (Phi) is 7.00. The van der Waals surface area contributed by atoms with Gasteiger partial charge in [-0.1, -0.05) is 11.6 Å². The molecule has 1 aliphatic heterocycles. The second kappa shape index (κ2) is 9.03. The van der Waals surface area contributed by atoms with E-state index in [4.69, 9.17) is 9.26 Å². The molecule has 27 heavy (non-hydrogen) atoms. The Morgan fingerprint density at radius 3 is 2.81 bits per heavy atom. The van der Waals surface area contributed by atoms with Gasteiger partial charge in [0.1, 0.15) is 11.6 Å². The van der Waals surface area contributed by atoms with Crippen LogP contribution in [0.1, 0.15) is 58.3 Å². The third kappa shape index (κ3) is 6.38. The average molecular weight is 384 g/mol. The lowest BCUT2D eigenvalue weighted by Gasteiger charge is -2.22. The van der Waals surface area contributed by atoms with E-state index in [2.05, 4.69) is 15.8 Å². The summed E-state index contributed by atoms with van der Waals surface area (Å²) in [5, 5.41) is 18.5. The number of ether oxygens (including phenoxy) is 1. The summed E-state index contributed by atoms with van der Waals surface area (Å²) in [4.78, 5) is 35.0. The van der Waals surface area contributed by atoms with Crippen LogP contribution in [0.5, 0.6) is 0 Å². The third-order valence-corrected chi connectivity index (χ3v) is 4.25. The van der Waals surface area contributed by atoms with Gasteiger partial charge in [0.15, 0.2) is 5.82 Å². The fourth-order valence-electron chi connectivity index (χ4n) is 3.04. The van der Waals surface area contributed by atoms with E-state index in [1.54, 1.807) is 25.3 Å². The maximum Gasteiger partial charge on any atom is 0.441 e. The summed E-state index contributed by atoms with van der Waals surface area (Å²) >= 11 is 0. The van der Waals surface area contributed by atoms with Crippen LogP contribution in [0.4, 0.5) is 4.79 Å². The number of fused-ring (bicyclic) bond motifs is 1. The first-order chi connectivity index (χ1) is 12.7. The molecule has 0 saturated carbocycles. The van der Waals surface area contributed by atoms with Gasteiger partial charge in [-0.25, -0.2) is 14.4 Å². The topological polar surface area (TPSA) is 136 Å². The first-order valence-electron chi connectivity index (χ1n) is 9.17. The summed E-state index contributed by atoms with van der Waals surface area (Å²) in [6.45, 7) is 5.64. The zero-order chi connectivity index (χ0) is 20.0. The standard InChI is InChI=1S/C17H28N4O6/c1-17(2,3)26-15(24)19-12(14(22)23)10-18-9-8-11-6-4-5-7-13-20-27-16(25)21(11)13/h11-12,18H,4-10H2,1-3H3,(H,19,24)(H,22,23). The minimum absolute atomic E-state index is 0.0316. The lowest BCUT2D eigenvalue weighted by molar-refractivity contribution is -0.139. The first kappa shape index (κ1) is 20.9. The van der Waals surface area contributed by atoms with Crippen molar-refractivity contribution in [2.45, 2.75) is 70.6 Å². The summed E-state index contributed by atoms with van der Waals surface area (Å²) in [6.07, 6.45) is 3.36. The van der Waals surface area contributed by atoms with Crippen molar-refractivity contribution in [2.24, 2.45) is 0 Å². The van der Waals surface area contributed by atoms with Crippen molar-refractivity contribution in [2.75, 3.05) is 13.1 Å². The molecule has 0 radical (unpaired) electrons. The molecule has 0 aliphatic carbocycles. The number of aryl methyl sites for hydroxylation is 1. The van der Waals surface area contributed by atoms with Gasteiger partial charge in [-0.15, -0.1) is 0 Å². The molecule has 10 nitrogen and oxygen atoms in total. The Hall–Kier alpha value is -2.36. The number of aliphatic carboxylic acids is 1. The van der Waals surface area contributed by atoms with Crippen molar-refractivity contribution in [3.05, 3.63) is 16.4 Å². The molecular formula is C17H28N4O6. The van der Waals surface area contributed by atoms with Gasteiger partial charge in [-0.3, -0.25) is 9.09 Å². The molecule has 1 aromatic heterocycles. The van der Waals surface area contributed by atoms with Gasteiger partial charge in [0, 0.05) is 19.0 Å². The second-order valence-corrected chi connectivity index (χ2v) is 7.66. The van der Waals surface area contributed by atoms with E-state index in [0.717, 1.165) is 25.7 Å². The Morgan fingerprint density at radius 2 is 2.15 bits per heavy atom. The Labute approximate surface area is 157 Å². The zero-order valence-electron chi connectivity index (χ0n) is 16.0. The monoisotopic (exact) mass is 384 g/mol. The molecule has 1 aliphatic rings. The lowest BCUT2D eigenvalue weighted by atomic mass is 10.1. The minimum Gasteiger partial charge on any atom is -0.480 e. The largest absolute Gasteiger partial charge is 0.480 e. The predicted molar refractivity (Wildman–Crippen MR) is 95.6 cm³/mol. The highest BCUT2D eigenvalue weighted by atomic mass is 16.6. The first-order valence-corrected chi connectivity index (χ1v) is 9.17. The highest BCUT2D eigenvalue weighted by molar-refractivity contribution is 5.80. The van der Waals surface area contributed by atoms with Crippen molar-refractivity contribution in [3.63, 3.8) is 0 Å². The number of carboxylic acid groups (broad SMARTS) is 1. The van der Waals surface area contributed by atoms with Crippen LogP contribution in [0.15, 0.2) is 9.32 Å². The second-order valence-electron chi connectivity index (χ2n) is 7.66. The van der Waals surface area contributed by atoms with E-state index in [-0.39, 0.29) is 12.6 Å². The SMILES string of the molecule is CC(C)(C)OC(=O)NC(CNCCC1CCCCc2noc(=O)n21)C(=O)O. The third-order valence-electron chi connectivity index (χ3n) is 4.25. The quantitative estimate of drug-likeness (QED) is 0.594. The summed E-state index contributed by atoms with van der Waals surface area (Å²) in [7, 11) is 0. The smallest absolute Gasteiger partial charge is 0.441 e. The Bertz CT molecular complexity index is 705. The van der Waals surface area contributed by atoms with E-state index in [0.29, 0.717) is 18.8 Å². The van der Waals surface area contributed by atoms with Crippen LogP contribution in [0.25, 0.3) is 0 Å². The van der Waals surface area contributed by atoms with Crippen LogP contribution >= 0.6 is 0 Å². The fraction of sp³-hybridized carbons (Fsp3) is 0.765. The van der Waals surface area contributed by atoms with Crippen molar-refractivity contribution < 1.29 is 24.0 Å². The number of nitrogens with zero attached hydrogens (tertiary/aromatic N) is 2. The Balaban J connectivity index is 1.83. The number of nitrogens with one attached hydrogen (secondary N) is 2. The number of hydrogen-bond acceptors (Lipinski definition) is 7. The van der Waals surface area contributed by atoms with Crippen LogP contribution < -0.4 is 16.4 Å². The van der Waals surface area contributed by atoms with Gasteiger partial charge < -0.3 is 20.5 Å². The molecule has 1 amide bonds. The highest BCUT2D eigenvalue weighted by Crippen LogP contribution is 2.23. The van der Waals surface area contributed by atoms with Crippen LogP contribution in [-0.2, 0) is 16.0 Å². The number of rotatable bonds is 7. The molecular weight excluding hydrogens is 356 g/mol. The molecule has 2 heterocycles. The van der Waals surface area contributed by atoms with Crippen LogP contribution in [0.3, 0.4) is 0 Å². The number of carbonyl (C=O) groups excluding carboxylic acids is 1. The normalized spacial score (nSPS) is 18.3. The van der Waals surface area contributed by atoms with Crippen LogP contribution in [0.2, 0.25) is 0 Å². The van der Waals surface area contributed by atoms with Crippen molar-refractivity contribution >= 4 is 12.1 Å². The molecule has 2 atom stereocenters. The van der Waals surface area contributed by atoms with Crippen LogP contribution in [0, 0.1) is 0 Å². The molecule has 152 valence electrons. The number of hydrogen-bond donors (Lipinski definition) is 3. The molecule has 1 aromatic rings. The van der Waals surface area contributed by atoms with E-state index in [1.807, 2.05) is 0 Å². The van der Waals surface area contributed by atoms with E-state index < -0.39 is 29.5 Å². The van der Waals surface area contributed by atoms with Gasteiger partial charge >= 0.3 is 17.8 Å². The molecule has 0 fully saturated rings. The van der Waals surface area contributed by atoms with Crippen molar-refractivity contribution in [3.8, 4) is 0 Å². The molecule has 0 aromatic carbocycles. The maximum absolute atomic E-state index is 11.9. The van der Waals surface area contributed by atoms with E-state index >= 15 is 0 Å². The number of amides is 1. The van der Waals surface area contributed by atoms with Crippen molar-refractivity contribution in [1.82, 2.24) is 20.4 Å². The van der Waals surface area contributed by atoms with Crippen LogP contribution in [-0.4, -0.2) is 51.6 Å².